The predicted octanol–water partition coefficient (Wildman–Crippen LogP) is 3.47. The van der Waals surface area contributed by atoms with Gasteiger partial charge in [-0.1, -0.05) is 0 Å². The number of ether oxygens (including phenoxy) is 2. The van der Waals surface area contributed by atoms with Gasteiger partial charge in [0, 0.05) is 5.56 Å². The van der Waals surface area contributed by atoms with Crippen molar-refractivity contribution in [1.82, 2.24) is 0 Å². The molecule has 1 rings (SSSR count). The van der Waals surface area contributed by atoms with Crippen LogP contribution in [0.25, 0.3) is 0 Å². The standard InChI is InChI=1S/C15H21NO4/c1-9-7-12(19-6)13(10(2)11(9)8-17)16-14(18)20-15(3,4)5/h7-8H,1-6H3,(H,16,18). The molecule has 0 spiro atoms. The summed E-state index contributed by atoms with van der Waals surface area (Å²) in [7, 11) is 1.51. The van der Waals surface area contributed by atoms with Crippen LogP contribution in [0.1, 0.15) is 42.3 Å². The molecule has 1 amide bonds. The molecule has 1 N–H and O–H groups in total. The van der Waals surface area contributed by atoms with Crippen molar-refractivity contribution >= 4 is 18.1 Å². The number of hydrogen-bond donors (Lipinski definition) is 1. The molecule has 0 aliphatic rings. The zero-order valence-electron chi connectivity index (χ0n) is 12.8. The molecule has 0 unspecified atom stereocenters. The zero-order chi connectivity index (χ0) is 15.5. The highest BCUT2D eigenvalue weighted by Gasteiger charge is 2.20. The number of methoxy groups -OCH3 is 1. The van der Waals surface area contributed by atoms with Crippen molar-refractivity contribution in [2.24, 2.45) is 0 Å². The van der Waals surface area contributed by atoms with E-state index in [1.165, 1.54) is 7.11 Å². The average Bonchev–Trinajstić information content (AvgIpc) is 2.30. The Labute approximate surface area is 119 Å². The molecule has 5 heteroatoms. The van der Waals surface area contributed by atoms with Gasteiger partial charge >= 0.3 is 6.09 Å². The van der Waals surface area contributed by atoms with Crippen LogP contribution in [0.4, 0.5) is 10.5 Å². The second kappa shape index (κ2) is 5.94. The number of anilines is 1. The highest BCUT2D eigenvalue weighted by molar-refractivity contribution is 5.92. The van der Waals surface area contributed by atoms with Gasteiger partial charge in [-0.25, -0.2) is 4.79 Å². The second-order valence-corrected chi connectivity index (χ2v) is 5.55. The van der Waals surface area contributed by atoms with Gasteiger partial charge in [0.15, 0.2) is 6.29 Å². The number of rotatable bonds is 3. The summed E-state index contributed by atoms with van der Waals surface area (Å²) in [5, 5.41) is 2.64. The molecule has 110 valence electrons. The maximum absolute atomic E-state index is 11.9. The lowest BCUT2D eigenvalue weighted by Crippen LogP contribution is -2.27. The van der Waals surface area contributed by atoms with Crippen LogP contribution in [-0.4, -0.2) is 25.1 Å². The van der Waals surface area contributed by atoms with Gasteiger partial charge in [0.25, 0.3) is 0 Å². The van der Waals surface area contributed by atoms with Crippen LogP contribution in [0.3, 0.4) is 0 Å². The number of aldehydes is 1. The van der Waals surface area contributed by atoms with Crippen molar-refractivity contribution in [2.45, 2.75) is 40.2 Å². The van der Waals surface area contributed by atoms with Crippen LogP contribution in [0.15, 0.2) is 6.07 Å². The molecule has 0 heterocycles. The van der Waals surface area contributed by atoms with Crippen molar-refractivity contribution in [2.75, 3.05) is 12.4 Å². The van der Waals surface area contributed by atoms with E-state index >= 15 is 0 Å². The Morgan fingerprint density at radius 1 is 1.30 bits per heavy atom. The quantitative estimate of drug-likeness (QED) is 0.860. The summed E-state index contributed by atoms with van der Waals surface area (Å²) in [4.78, 5) is 23.0. The number of amides is 1. The van der Waals surface area contributed by atoms with Crippen molar-refractivity contribution < 1.29 is 19.1 Å². The molecule has 0 aromatic heterocycles. The molecule has 1 aromatic rings. The van der Waals surface area contributed by atoms with Gasteiger partial charge in [-0.15, -0.1) is 0 Å². The molecule has 0 radical (unpaired) electrons. The minimum atomic E-state index is -0.594. The minimum Gasteiger partial charge on any atom is -0.495 e. The average molecular weight is 279 g/mol. The lowest BCUT2D eigenvalue weighted by molar-refractivity contribution is 0.0635. The SMILES string of the molecule is COc1cc(C)c(C=O)c(C)c1NC(=O)OC(C)(C)C. The summed E-state index contributed by atoms with van der Waals surface area (Å²) < 4.78 is 10.5. The normalized spacial score (nSPS) is 10.9. The number of benzene rings is 1. The monoisotopic (exact) mass is 279 g/mol. The van der Waals surface area contributed by atoms with Gasteiger partial charge < -0.3 is 9.47 Å². The lowest BCUT2D eigenvalue weighted by atomic mass is 10.0. The molecule has 20 heavy (non-hydrogen) atoms. The lowest BCUT2D eigenvalue weighted by Gasteiger charge is -2.21. The van der Waals surface area contributed by atoms with Crippen molar-refractivity contribution in [1.29, 1.82) is 0 Å². The topological polar surface area (TPSA) is 64.6 Å². The van der Waals surface area contributed by atoms with Gasteiger partial charge in [0.05, 0.1) is 12.8 Å². The molecule has 0 aliphatic heterocycles. The summed E-state index contributed by atoms with van der Waals surface area (Å²) >= 11 is 0. The fourth-order valence-corrected chi connectivity index (χ4v) is 1.87. The third-order valence-corrected chi connectivity index (χ3v) is 2.76. The molecular formula is C15H21NO4. The molecule has 0 aliphatic carbocycles. The van der Waals surface area contributed by atoms with Crippen LogP contribution in [0, 0.1) is 13.8 Å². The molecule has 0 atom stereocenters. The summed E-state index contributed by atoms with van der Waals surface area (Å²) in [5.74, 6) is 0.497. The molecule has 0 saturated heterocycles. The Bertz CT molecular complexity index is 530. The Morgan fingerprint density at radius 2 is 1.90 bits per heavy atom. The number of nitrogens with one attached hydrogen (secondary N) is 1. The van der Waals surface area contributed by atoms with Crippen LogP contribution < -0.4 is 10.1 Å². The van der Waals surface area contributed by atoms with E-state index in [0.29, 0.717) is 22.6 Å². The van der Waals surface area contributed by atoms with Crippen LogP contribution in [-0.2, 0) is 4.74 Å². The van der Waals surface area contributed by atoms with Gasteiger partial charge in [-0.3, -0.25) is 10.1 Å². The van der Waals surface area contributed by atoms with Crippen LogP contribution >= 0.6 is 0 Å². The summed E-state index contributed by atoms with van der Waals surface area (Å²) in [6.45, 7) is 8.91. The first-order valence-corrected chi connectivity index (χ1v) is 6.33. The zero-order valence-corrected chi connectivity index (χ0v) is 12.8. The molecule has 5 nitrogen and oxygen atoms in total. The maximum atomic E-state index is 11.9. The highest BCUT2D eigenvalue weighted by Crippen LogP contribution is 2.32. The van der Waals surface area contributed by atoms with E-state index in [1.54, 1.807) is 33.8 Å². The second-order valence-electron chi connectivity index (χ2n) is 5.55. The van der Waals surface area contributed by atoms with Gasteiger partial charge in [0.1, 0.15) is 11.4 Å². The first-order valence-electron chi connectivity index (χ1n) is 6.33. The van der Waals surface area contributed by atoms with Gasteiger partial charge in [-0.05, 0) is 51.8 Å². The highest BCUT2D eigenvalue weighted by atomic mass is 16.6. The van der Waals surface area contributed by atoms with Crippen LogP contribution in [0.5, 0.6) is 5.75 Å². The summed E-state index contributed by atoms with van der Waals surface area (Å²) in [6, 6.07) is 1.71. The minimum absolute atomic E-state index is 0.453. The van der Waals surface area contributed by atoms with E-state index in [9.17, 15) is 9.59 Å². The fraction of sp³-hybridized carbons (Fsp3) is 0.467. The first-order chi connectivity index (χ1) is 9.19. The largest absolute Gasteiger partial charge is 0.495 e. The Hall–Kier alpha value is -2.04. The van der Waals surface area contributed by atoms with Crippen LogP contribution in [0.2, 0.25) is 0 Å². The smallest absolute Gasteiger partial charge is 0.412 e. The number of carbonyl (C=O) groups is 2. The Balaban J connectivity index is 3.17. The maximum Gasteiger partial charge on any atom is 0.412 e. The third-order valence-electron chi connectivity index (χ3n) is 2.76. The molecule has 0 saturated carbocycles. The molecule has 0 fully saturated rings. The summed E-state index contributed by atoms with van der Waals surface area (Å²) in [5.41, 5.74) is 1.85. The Kier molecular flexibility index (Phi) is 4.76. The van der Waals surface area contributed by atoms with E-state index in [1.807, 2.05) is 6.92 Å². The molecular weight excluding hydrogens is 258 g/mol. The number of aryl methyl sites for hydroxylation is 1. The fourth-order valence-electron chi connectivity index (χ4n) is 1.87. The van der Waals surface area contributed by atoms with E-state index in [2.05, 4.69) is 5.32 Å². The van der Waals surface area contributed by atoms with Gasteiger partial charge in [0.2, 0.25) is 0 Å². The first kappa shape index (κ1) is 16.0. The van der Waals surface area contributed by atoms with Gasteiger partial charge in [-0.2, -0.15) is 0 Å². The van der Waals surface area contributed by atoms with Crippen molar-refractivity contribution in [3.8, 4) is 5.75 Å². The third kappa shape index (κ3) is 3.73. The summed E-state index contributed by atoms with van der Waals surface area (Å²) in [6.07, 6.45) is 0.185. The molecule has 0 bridgehead atoms. The Morgan fingerprint density at radius 3 is 2.35 bits per heavy atom. The predicted molar refractivity (Wildman–Crippen MR) is 77.7 cm³/mol. The molecule has 1 aromatic carbocycles. The van der Waals surface area contributed by atoms with E-state index in [4.69, 9.17) is 9.47 Å². The number of hydrogen-bond acceptors (Lipinski definition) is 4. The van der Waals surface area contributed by atoms with Crippen molar-refractivity contribution in [3.05, 3.63) is 22.8 Å². The van der Waals surface area contributed by atoms with E-state index in [-0.39, 0.29) is 0 Å². The van der Waals surface area contributed by atoms with E-state index in [0.717, 1.165) is 11.8 Å². The van der Waals surface area contributed by atoms with Crippen molar-refractivity contribution in [3.63, 3.8) is 0 Å². The van der Waals surface area contributed by atoms with E-state index < -0.39 is 11.7 Å². The number of carbonyl (C=O) groups excluding carboxylic acids is 2.